The molecule has 0 aliphatic carbocycles. The van der Waals surface area contributed by atoms with Gasteiger partial charge in [-0.25, -0.2) is 19.2 Å². The Morgan fingerprint density at radius 1 is 0.414 bits per heavy atom. The summed E-state index contributed by atoms with van der Waals surface area (Å²) in [6.07, 6.45) is 15.3. The quantitative estimate of drug-likeness (QED) is 0.0126. The molecule has 0 heterocycles. The van der Waals surface area contributed by atoms with Crippen LogP contribution >= 0.6 is 46.4 Å². The number of anilines is 6. The molecule has 0 fully saturated rings. The Morgan fingerprint density at radius 2 is 0.667 bits per heavy atom. The Morgan fingerprint density at radius 3 is 0.931 bits per heavy atom. The summed E-state index contributed by atoms with van der Waals surface area (Å²) in [6, 6.07) is 11.9. The van der Waals surface area contributed by atoms with Gasteiger partial charge in [0.2, 0.25) is 0 Å². The van der Waals surface area contributed by atoms with Gasteiger partial charge in [-0.1, -0.05) is 139 Å². The molecule has 0 radical (unpaired) electrons. The highest BCUT2D eigenvalue weighted by molar-refractivity contribution is 7.81. The first kappa shape index (κ1) is 80.2. The van der Waals surface area contributed by atoms with E-state index in [-0.39, 0.29) is 48.4 Å². The van der Waals surface area contributed by atoms with Crippen molar-refractivity contribution in [3.8, 4) is 0 Å². The van der Waals surface area contributed by atoms with Gasteiger partial charge in [-0.3, -0.25) is 16.8 Å². The van der Waals surface area contributed by atoms with E-state index in [2.05, 4.69) is 70.2 Å². The molecule has 0 bridgehead atoms. The summed E-state index contributed by atoms with van der Waals surface area (Å²) in [7, 11) is 3.87. The molecule has 4 aromatic carbocycles. The second-order valence-electron chi connectivity index (χ2n) is 19.1. The SMILES string of the molecule is CCCCCc1cc(Cl)c(NS(=O)[O-])cc1C(=O)O.CCCCCc1cc(Cl)c(NS(=O)[O-])cc1C(=O)OC.CCCCN(CCCC)c1cc(Cl)c(NS(=O)[O-])cc1C(=O)OC.CCCCN(CCCC)c1cc(Cl)c(NS(=O)[O-])cc1C(=O)OC. The monoisotopic (exact) mass is 1370 g/mol. The van der Waals surface area contributed by atoms with E-state index in [0.717, 1.165) is 122 Å². The average Bonchev–Trinajstić information content (AvgIpc) is 1.43. The fourth-order valence-corrected chi connectivity index (χ4v) is 10.7. The van der Waals surface area contributed by atoms with Crippen molar-refractivity contribution in [1.29, 1.82) is 0 Å². The average molecular weight is 1380 g/mol. The van der Waals surface area contributed by atoms with Gasteiger partial charge in [0.25, 0.3) is 0 Å². The highest BCUT2D eigenvalue weighted by atomic mass is 35.5. The topological polar surface area (TPSA) is 331 Å². The van der Waals surface area contributed by atoms with E-state index in [4.69, 9.17) is 65.7 Å². The Labute approximate surface area is 541 Å². The van der Waals surface area contributed by atoms with Gasteiger partial charge in [0.15, 0.2) is 0 Å². The van der Waals surface area contributed by atoms with Gasteiger partial charge in [-0.05, 0) is 111 Å². The maximum atomic E-state index is 12.2. The molecule has 5 N–H and O–H groups in total. The number of ether oxygens (including phenoxy) is 3. The summed E-state index contributed by atoms with van der Waals surface area (Å²) >= 11 is 14.2. The van der Waals surface area contributed by atoms with Crippen LogP contribution in [0.25, 0.3) is 0 Å². The zero-order valence-corrected chi connectivity index (χ0v) is 56.7. The number of carbonyl (C=O) groups excluding carboxylic acids is 3. The van der Waals surface area contributed by atoms with Crippen LogP contribution in [-0.4, -0.2) is 112 Å². The van der Waals surface area contributed by atoms with Crippen molar-refractivity contribution < 1.29 is 73.5 Å². The molecular weight excluding hydrogens is 1290 g/mol. The molecule has 4 atom stereocenters. The third-order valence-corrected chi connectivity index (χ3v) is 15.5. The van der Waals surface area contributed by atoms with Crippen molar-refractivity contribution in [1.82, 2.24) is 0 Å². The molecule has 4 aromatic rings. The first-order chi connectivity index (χ1) is 41.3. The fourth-order valence-electron chi connectivity index (χ4n) is 8.24. The van der Waals surface area contributed by atoms with Crippen LogP contribution in [0.3, 0.4) is 0 Å². The Bertz CT molecular complexity index is 2820. The van der Waals surface area contributed by atoms with Crippen molar-refractivity contribution in [3.63, 3.8) is 0 Å². The van der Waals surface area contributed by atoms with Crippen LogP contribution in [0, 0.1) is 0 Å². The number of carboxylic acid groups (broad SMARTS) is 1. The number of aryl methyl sites for hydroxylation is 2. The number of carboxylic acids is 1. The number of esters is 3. The number of methoxy groups -OCH3 is 3. The standard InChI is InChI=1S/2C16H25ClN2O4S.C13H18ClNO4S.C12H16ClNO4S/c2*1-4-6-8-19(9-7-5-2)15-11-13(17)14(18-24(21)22)10-12(15)16(20)23-3;1-3-4-5-6-9-7-11(14)12(15-20(17)18)8-10(9)13(16)19-2;1-2-3-4-5-8-6-10(13)11(14-19(17)18)7-9(8)12(15)16/h2*10-11,18H,4-9H2,1-3H3,(H,21,22);7-8,15H,3-6H2,1-2H3,(H,17,18);6-7,14H,2-5H2,1H3,(H,15,16)(H,17,18)/p-4. The largest absolute Gasteiger partial charge is 0.755 e. The van der Waals surface area contributed by atoms with Crippen LogP contribution in [0.2, 0.25) is 20.1 Å². The van der Waals surface area contributed by atoms with E-state index >= 15 is 0 Å². The Hall–Kier alpha value is -4.84. The second kappa shape index (κ2) is 44.6. The molecule has 0 saturated carbocycles. The molecule has 0 aliphatic heterocycles. The lowest BCUT2D eigenvalue weighted by atomic mass is 10.0. The molecule has 30 heteroatoms. The lowest BCUT2D eigenvalue weighted by molar-refractivity contribution is 0.0591. The van der Waals surface area contributed by atoms with Gasteiger partial charge in [0.1, 0.15) is 0 Å². The molecular formula is C57H80Cl4N6O16S4-4. The van der Waals surface area contributed by atoms with E-state index in [1.165, 1.54) is 51.7 Å². The van der Waals surface area contributed by atoms with Crippen LogP contribution in [0.4, 0.5) is 34.1 Å². The maximum absolute atomic E-state index is 12.2. The van der Waals surface area contributed by atoms with E-state index < -0.39 is 68.9 Å². The number of unbranched alkanes of at least 4 members (excludes halogenated alkanes) is 8. The number of hydrogen-bond donors (Lipinski definition) is 5. The number of rotatable bonds is 34. The van der Waals surface area contributed by atoms with E-state index in [9.17, 15) is 54.2 Å². The molecule has 87 heavy (non-hydrogen) atoms. The first-order valence-electron chi connectivity index (χ1n) is 28.1. The maximum Gasteiger partial charge on any atom is 0.340 e. The minimum Gasteiger partial charge on any atom is -0.755 e. The summed E-state index contributed by atoms with van der Waals surface area (Å²) in [5, 5.41) is 10.1. The van der Waals surface area contributed by atoms with E-state index in [0.29, 0.717) is 46.5 Å². The fraction of sp³-hybridized carbons (Fsp3) is 0.509. The molecule has 0 aromatic heterocycles. The van der Waals surface area contributed by atoms with Crippen molar-refractivity contribution >= 4 is 149 Å². The molecule has 4 unspecified atom stereocenters. The van der Waals surface area contributed by atoms with E-state index in [1.54, 1.807) is 18.2 Å². The third-order valence-electron chi connectivity index (χ3n) is 12.7. The van der Waals surface area contributed by atoms with Crippen LogP contribution < -0.4 is 28.7 Å². The molecule has 490 valence electrons. The molecule has 0 aliphatic rings. The van der Waals surface area contributed by atoms with Gasteiger partial charge >= 0.3 is 23.9 Å². The highest BCUT2D eigenvalue weighted by Gasteiger charge is 2.23. The number of benzene rings is 4. The lowest BCUT2D eigenvalue weighted by Crippen LogP contribution is -2.28. The molecule has 22 nitrogen and oxygen atoms in total. The number of nitrogens with zero attached hydrogens (tertiary/aromatic N) is 2. The van der Waals surface area contributed by atoms with Crippen LogP contribution in [0.15, 0.2) is 48.5 Å². The smallest absolute Gasteiger partial charge is 0.340 e. The summed E-state index contributed by atoms with van der Waals surface area (Å²) in [5.41, 5.74) is 4.25. The normalized spacial score (nSPS) is 12.0. The number of nitrogens with one attached hydrogen (secondary N) is 4. The Kier molecular flexibility index (Phi) is 41.1. The van der Waals surface area contributed by atoms with Crippen LogP contribution in [-0.2, 0) is 72.1 Å². The Balaban J connectivity index is 0.000000583. The zero-order valence-electron chi connectivity index (χ0n) is 50.4. The predicted molar refractivity (Wildman–Crippen MR) is 347 cm³/mol. The van der Waals surface area contributed by atoms with Crippen molar-refractivity contribution in [3.05, 3.63) is 102 Å². The summed E-state index contributed by atoms with van der Waals surface area (Å²) in [4.78, 5) is 51.5. The number of hydrogen-bond acceptors (Lipinski definition) is 17. The van der Waals surface area contributed by atoms with Gasteiger partial charge < -0.3 is 66.2 Å². The van der Waals surface area contributed by atoms with Gasteiger partial charge in [0, 0.05) is 71.2 Å². The second-order valence-corrected chi connectivity index (χ2v) is 23.4. The number of carbonyl (C=O) groups is 4. The molecule has 0 spiro atoms. The van der Waals surface area contributed by atoms with Crippen molar-refractivity contribution in [2.24, 2.45) is 0 Å². The van der Waals surface area contributed by atoms with Gasteiger partial charge in [-0.15, -0.1) is 0 Å². The highest BCUT2D eigenvalue weighted by Crippen LogP contribution is 2.36. The molecule has 0 amide bonds. The van der Waals surface area contributed by atoms with Crippen LogP contribution in [0.1, 0.15) is 184 Å². The van der Waals surface area contributed by atoms with Crippen molar-refractivity contribution in [2.45, 2.75) is 144 Å². The first-order valence-corrected chi connectivity index (χ1v) is 33.9. The summed E-state index contributed by atoms with van der Waals surface area (Å²) in [6.45, 7) is 15.7. The molecule has 0 saturated heterocycles. The summed E-state index contributed by atoms with van der Waals surface area (Å²) in [5.74, 6) is -2.66. The minimum absolute atomic E-state index is 0.0756. The summed E-state index contributed by atoms with van der Waals surface area (Å²) < 4.78 is 109. The van der Waals surface area contributed by atoms with Crippen molar-refractivity contribution in [2.75, 3.05) is 76.2 Å². The third kappa shape index (κ3) is 29.6. The molecule has 4 rings (SSSR count). The lowest BCUT2D eigenvalue weighted by Gasteiger charge is -2.27. The number of halogens is 4. The van der Waals surface area contributed by atoms with Crippen LogP contribution in [0.5, 0.6) is 0 Å². The predicted octanol–water partition coefficient (Wildman–Crippen LogP) is 13.5. The van der Waals surface area contributed by atoms with E-state index in [1.807, 2.05) is 0 Å². The zero-order chi connectivity index (χ0) is 65.8. The number of aromatic carboxylic acids is 1. The van der Waals surface area contributed by atoms with Gasteiger partial charge in [-0.2, -0.15) is 0 Å². The van der Waals surface area contributed by atoms with Gasteiger partial charge in [0.05, 0.1) is 97.8 Å². The minimum atomic E-state index is -2.54.